The fourth-order valence-electron chi connectivity index (χ4n) is 1.25. The lowest BCUT2D eigenvalue weighted by molar-refractivity contribution is -0.558. The molecule has 66 valence electrons. The molecule has 0 amide bonds. The van der Waals surface area contributed by atoms with Crippen molar-refractivity contribution in [2.24, 2.45) is 0 Å². The summed E-state index contributed by atoms with van der Waals surface area (Å²) in [5, 5.41) is 10.7. The summed E-state index contributed by atoms with van der Waals surface area (Å²) >= 11 is 0. The first-order chi connectivity index (χ1) is 5.53. The Bertz CT molecular complexity index is 267. The Morgan fingerprint density at radius 1 is 1.92 bits per heavy atom. The van der Waals surface area contributed by atoms with Gasteiger partial charge in [-0.3, -0.25) is 10.1 Å². The van der Waals surface area contributed by atoms with E-state index in [1.54, 1.807) is 6.92 Å². The molecule has 0 aliphatic carbocycles. The van der Waals surface area contributed by atoms with Gasteiger partial charge in [-0.1, -0.05) is 6.58 Å². The first-order valence-electron chi connectivity index (χ1n) is 3.69. The lowest BCUT2D eigenvalue weighted by Gasteiger charge is -2.17. The van der Waals surface area contributed by atoms with Crippen molar-refractivity contribution in [3.8, 4) is 0 Å². The van der Waals surface area contributed by atoms with Crippen LogP contribution in [0.25, 0.3) is 0 Å². The zero-order valence-corrected chi connectivity index (χ0v) is 7.16. The number of ether oxygens (including phenoxy) is 1. The lowest BCUT2D eigenvalue weighted by atomic mass is 9.91. The Morgan fingerprint density at radius 2 is 2.50 bits per heavy atom. The summed E-state index contributed by atoms with van der Waals surface area (Å²) in [6.07, 6.45) is -0.406. The molecule has 0 N–H and O–H groups in total. The minimum atomic E-state index is -1.14. The van der Waals surface area contributed by atoms with E-state index in [9.17, 15) is 10.1 Å². The summed E-state index contributed by atoms with van der Waals surface area (Å²) in [6, 6.07) is 0. The molecule has 1 saturated heterocycles. The second-order valence-corrected chi connectivity index (χ2v) is 3.01. The SMILES string of the molecule is C=C=C1CO[C@H](C)[C@@]1(C)[N+](=O)[O-]. The van der Waals surface area contributed by atoms with E-state index in [2.05, 4.69) is 12.3 Å². The van der Waals surface area contributed by atoms with Gasteiger partial charge in [0.2, 0.25) is 0 Å². The van der Waals surface area contributed by atoms with Gasteiger partial charge in [-0.05, 0) is 6.92 Å². The molecule has 0 bridgehead atoms. The molecule has 1 rings (SSSR count). The quantitative estimate of drug-likeness (QED) is 0.336. The molecule has 12 heavy (non-hydrogen) atoms. The van der Waals surface area contributed by atoms with Crippen LogP contribution in [0.4, 0.5) is 0 Å². The van der Waals surface area contributed by atoms with Gasteiger partial charge in [0.05, 0.1) is 12.2 Å². The van der Waals surface area contributed by atoms with Crippen LogP contribution in [-0.2, 0) is 4.74 Å². The van der Waals surface area contributed by atoms with Crippen molar-refractivity contribution in [3.63, 3.8) is 0 Å². The maximum atomic E-state index is 10.7. The van der Waals surface area contributed by atoms with Gasteiger partial charge in [0.15, 0.2) is 0 Å². The van der Waals surface area contributed by atoms with E-state index in [-0.39, 0.29) is 11.5 Å². The summed E-state index contributed by atoms with van der Waals surface area (Å²) in [7, 11) is 0. The minimum absolute atomic E-state index is 0.266. The average Bonchev–Trinajstić information content (AvgIpc) is 2.30. The Labute approximate surface area is 70.7 Å². The summed E-state index contributed by atoms with van der Waals surface area (Å²) in [5.41, 5.74) is 1.96. The summed E-state index contributed by atoms with van der Waals surface area (Å²) < 4.78 is 5.15. The summed E-state index contributed by atoms with van der Waals surface area (Å²) in [5.74, 6) is 0. The van der Waals surface area contributed by atoms with Crippen LogP contribution in [0.1, 0.15) is 13.8 Å². The van der Waals surface area contributed by atoms with Gasteiger partial charge in [0, 0.05) is 11.8 Å². The van der Waals surface area contributed by atoms with Crippen molar-refractivity contribution < 1.29 is 9.66 Å². The third-order valence-corrected chi connectivity index (χ3v) is 2.47. The first-order valence-corrected chi connectivity index (χ1v) is 3.69. The molecule has 0 aromatic heterocycles. The topological polar surface area (TPSA) is 52.4 Å². The van der Waals surface area contributed by atoms with Gasteiger partial charge < -0.3 is 4.74 Å². The van der Waals surface area contributed by atoms with Crippen LogP contribution in [0, 0.1) is 10.1 Å². The van der Waals surface area contributed by atoms with E-state index in [0.717, 1.165) is 0 Å². The smallest absolute Gasteiger partial charge is 0.275 e. The van der Waals surface area contributed by atoms with Gasteiger partial charge in [-0.2, -0.15) is 0 Å². The molecule has 1 fully saturated rings. The Balaban J connectivity index is 3.14. The standard InChI is InChI=1S/C8H11NO3/c1-4-7-5-12-6(2)8(7,3)9(10)11/h6H,1,5H2,2-3H3/t6-,8-/m1/s1. The third-order valence-electron chi connectivity index (χ3n) is 2.47. The fourth-order valence-corrected chi connectivity index (χ4v) is 1.25. The molecule has 1 aliphatic heterocycles. The second-order valence-electron chi connectivity index (χ2n) is 3.01. The highest BCUT2D eigenvalue weighted by Gasteiger charge is 2.52. The Kier molecular flexibility index (Phi) is 2.04. The van der Waals surface area contributed by atoms with Crippen LogP contribution in [0.5, 0.6) is 0 Å². The Hall–Kier alpha value is -1.12. The maximum Gasteiger partial charge on any atom is 0.275 e. The van der Waals surface area contributed by atoms with Gasteiger partial charge >= 0.3 is 0 Å². The van der Waals surface area contributed by atoms with Crippen molar-refractivity contribution >= 4 is 0 Å². The van der Waals surface area contributed by atoms with Crippen LogP contribution in [0.3, 0.4) is 0 Å². The number of hydrogen-bond acceptors (Lipinski definition) is 3. The van der Waals surface area contributed by atoms with E-state index in [4.69, 9.17) is 4.74 Å². The zero-order valence-electron chi connectivity index (χ0n) is 7.16. The van der Waals surface area contributed by atoms with Crippen LogP contribution in [-0.4, -0.2) is 23.2 Å². The average molecular weight is 169 g/mol. The predicted molar refractivity (Wildman–Crippen MR) is 43.5 cm³/mol. The van der Waals surface area contributed by atoms with E-state index in [1.807, 2.05) is 0 Å². The predicted octanol–water partition coefficient (Wildman–Crippen LogP) is 1.15. The van der Waals surface area contributed by atoms with Gasteiger partial charge in [0.1, 0.15) is 6.10 Å². The van der Waals surface area contributed by atoms with Crippen molar-refractivity contribution in [1.29, 1.82) is 0 Å². The molecular formula is C8H11NO3. The fraction of sp³-hybridized carbons (Fsp3) is 0.625. The highest BCUT2D eigenvalue weighted by Crippen LogP contribution is 2.32. The number of nitrogens with zero attached hydrogens (tertiary/aromatic N) is 1. The highest BCUT2D eigenvalue weighted by atomic mass is 16.6. The summed E-state index contributed by atoms with van der Waals surface area (Å²) in [4.78, 5) is 10.4. The first kappa shape index (κ1) is 8.97. The molecule has 2 atom stereocenters. The molecule has 4 nitrogen and oxygen atoms in total. The van der Waals surface area contributed by atoms with Crippen molar-refractivity contribution in [1.82, 2.24) is 0 Å². The van der Waals surface area contributed by atoms with Crippen LogP contribution >= 0.6 is 0 Å². The highest BCUT2D eigenvalue weighted by molar-refractivity contribution is 5.20. The molecule has 0 radical (unpaired) electrons. The van der Waals surface area contributed by atoms with Crippen molar-refractivity contribution in [3.05, 3.63) is 28.0 Å². The zero-order chi connectivity index (χ0) is 9.35. The van der Waals surface area contributed by atoms with Gasteiger partial charge in [-0.25, -0.2) is 0 Å². The van der Waals surface area contributed by atoms with Gasteiger partial charge in [-0.15, -0.1) is 5.73 Å². The monoisotopic (exact) mass is 169 g/mol. The summed E-state index contributed by atoms with van der Waals surface area (Å²) in [6.45, 7) is 6.90. The lowest BCUT2D eigenvalue weighted by Crippen LogP contribution is -2.42. The Morgan fingerprint density at radius 3 is 2.83 bits per heavy atom. The molecule has 1 heterocycles. The van der Waals surface area contributed by atoms with E-state index in [0.29, 0.717) is 5.57 Å². The third kappa shape index (κ3) is 0.967. The number of hydrogen-bond donors (Lipinski definition) is 0. The minimum Gasteiger partial charge on any atom is -0.365 e. The maximum absolute atomic E-state index is 10.7. The molecular weight excluding hydrogens is 158 g/mol. The van der Waals surface area contributed by atoms with E-state index in [1.165, 1.54) is 6.92 Å². The molecule has 1 aliphatic rings. The number of nitro groups is 1. The molecule has 0 saturated carbocycles. The second kappa shape index (κ2) is 2.73. The van der Waals surface area contributed by atoms with Gasteiger partial charge in [0.25, 0.3) is 5.54 Å². The van der Waals surface area contributed by atoms with E-state index >= 15 is 0 Å². The van der Waals surface area contributed by atoms with E-state index < -0.39 is 11.6 Å². The molecule has 0 aromatic carbocycles. The van der Waals surface area contributed by atoms with Crippen molar-refractivity contribution in [2.75, 3.05) is 6.61 Å². The molecule has 0 aromatic rings. The van der Waals surface area contributed by atoms with Crippen LogP contribution in [0.15, 0.2) is 17.9 Å². The normalized spacial score (nSPS) is 34.8. The number of rotatable bonds is 1. The molecule has 0 spiro atoms. The molecule has 4 heteroatoms. The van der Waals surface area contributed by atoms with Crippen molar-refractivity contribution in [2.45, 2.75) is 25.5 Å². The van der Waals surface area contributed by atoms with Crippen LogP contribution in [0.2, 0.25) is 0 Å². The molecule has 0 unspecified atom stereocenters. The largest absolute Gasteiger partial charge is 0.365 e. The van der Waals surface area contributed by atoms with Crippen LogP contribution < -0.4 is 0 Å².